The number of esters is 1. The molecule has 0 aliphatic heterocycles. The number of carbonyl (C=O) groups is 2. The number of para-hydroxylation sites is 1. The first-order chi connectivity index (χ1) is 12.6. The van der Waals surface area contributed by atoms with Crippen LogP contribution < -0.4 is 5.32 Å². The second-order valence-electron chi connectivity index (χ2n) is 5.69. The fourth-order valence-corrected chi connectivity index (χ4v) is 2.62. The minimum Gasteiger partial charge on any atom is -0.465 e. The van der Waals surface area contributed by atoms with E-state index in [1.165, 1.54) is 7.11 Å². The van der Waals surface area contributed by atoms with Crippen LogP contribution in [0.1, 0.15) is 32.6 Å². The number of furan rings is 1. The van der Waals surface area contributed by atoms with Crippen molar-refractivity contribution in [2.24, 2.45) is 0 Å². The number of carbonyl (C=O) groups excluding carboxylic acids is 2. The molecule has 0 spiro atoms. The van der Waals surface area contributed by atoms with Crippen LogP contribution in [0.3, 0.4) is 0 Å². The monoisotopic (exact) mass is 353 g/mol. The molecule has 0 radical (unpaired) electrons. The van der Waals surface area contributed by atoms with Gasteiger partial charge in [-0.2, -0.15) is 0 Å². The SMILES string of the molecule is COC(=O)c1ccc(C(=O)NCC(OC)c2cc3ccccc3o2)cc1. The molecule has 3 aromatic rings. The maximum atomic E-state index is 12.3. The number of amides is 1. The Morgan fingerprint density at radius 1 is 1.04 bits per heavy atom. The van der Waals surface area contributed by atoms with Gasteiger partial charge in [0.05, 0.1) is 19.2 Å². The molecular formula is C20H19NO5. The second kappa shape index (κ2) is 7.84. The summed E-state index contributed by atoms with van der Waals surface area (Å²) in [5, 5.41) is 3.80. The molecule has 1 heterocycles. The molecule has 2 aromatic carbocycles. The van der Waals surface area contributed by atoms with Crippen molar-refractivity contribution in [1.82, 2.24) is 5.32 Å². The molecule has 1 atom stereocenters. The minimum atomic E-state index is -0.443. The van der Waals surface area contributed by atoms with Crippen molar-refractivity contribution in [1.29, 1.82) is 0 Å². The van der Waals surface area contributed by atoms with Crippen LogP contribution in [0.25, 0.3) is 11.0 Å². The first-order valence-electron chi connectivity index (χ1n) is 8.10. The summed E-state index contributed by atoms with van der Waals surface area (Å²) in [6, 6.07) is 15.8. The van der Waals surface area contributed by atoms with E-state index in [1.54, 1.807) is 31.4 Å². The Hall–Kier alpha value is -3.12. The summed E-state index contributed by atoms with van der Waals surface area (Å²) in [7, 11) is 2.88. The number of hydrogen-bond donors (Lipinski definition) is 1. The average Bonchev–Trinajstić information content (AvgIpc) is 3.11. The lowest BCUT2D eigenvalue weighted by atomic mass is 10.1. The maximum Gasteiger partial charge on any atom is 0.337 e. The van der Waals surface area contributed by atoms with E-state index in [0.29, 0.717) is 16.9 Å². The first kappa shape index (κ1) is 17.7. The van der Waals surface area contributed by atoms with Gasteiger partial charge in [-0.15, -0.1) is 0 Å². The van der Waals surface area contributed by atoms with E-state index in [2.05, 4.69) is 10.1 Å². The van der Waals surface area contributed by atoms with E-state index in [0.717, 1.165) is 11.0 Å². The largest absolute Gasteiger partial charge is 0.465 e. The Balaban J connectivity index is 1.66. The number of methoxy groups -OCH3 is 2. The lowest BCUT2D eigenvalue weighted by Crippen LogP contribution is -2.29. The summed E-state index contributed by atoms with van der Waals surface area (Å²) >= 11 is 0. The van der Waals surface area contributed by atoms with Gasteiger partial charge in [-0.25, -0.2) is 4.79 Å². The summed E-state index contributed by atoms with van der Waals surface area (Å²) in [5.74, 6) is -0.0593. The van der Waals surface area contributed by atoms with Gasteiger partial charge < -0.3 is 19.2 Å². The second-order valence-corrected chi connectivity index (χ2v) is 5.69. The Labute approximate surface area is 150 Å². The molecule has 6 nitrogen and oxygen atoms in total. The summed E-state index contributed by atoms with van der Waals surface area (Å²) in [6.07, 6.45) is -0.402. The van der Waals surface area contributed by atoms with Crippen molar-refractivity contribution in [3.05, 3.63) is 71.5 Å². The molecule has 1 aromatic heterocycles. The standard InChI is InChI=1S/C20H19NO5/c1-24-18(17-11-15-5-3-4-6-16(15)26-17)12-21-19(22)13-7-9-14(10-8-13)20(23)25-2/h3-11,18H,12H2,1-2H3,(H,21,22). The van der Waals surface area contributed by atoms with Crippen molar-refractivity contribution in [3.63, 3.8) is 0 Å². The van der Waals surface area contributed by atoms with Crippen LogP contribution >= 0.6 is 0 Å². The highest BCUT2D eigenvalue weighted by atomic mass is 16.5. The number of ether oxygens (including phenoxy) is 2. The van der Waals surface area contributed by atoms with Gasteiger partial charge in [0, 0.05) is 18.1 Å². The minimum absolute atomic E-state index is 0.258. The van der Waals surface area contributed by atoms with E-state index < -0.39 is 12.1 Å². The van der Waals surface area contributed by atoms with Crippen molar-refractivity contribution in [2.45, 2.75) is 6.10 Å². The van der Waals surface area contributed by atoms with Gasteiger partial charge in [0.25, 0.3) is 5.91 Å². The zero-order chi connectivity index (χ0) is 18.5. The van der Waals surface area contributed by atoms with Crippen molar-refractivity contribution < 1.29 is 23.5 Å². The van der Waals surface area contributed by atoms with Gasteiger partial charge in [-0.3, -0.25) is 4.79 Å². The van der Waals surface area contributed by atoms with Crippen LogP contribution in [0.15, 0.2) is 59.0 Å². The quantitative estimate of drug-likeness (QED) is 0.688. The number of fused-ring (bicyclic) bond motifs is 1. The number of hydrogen-bond acceptors (Lipinski definition) is 5. The number of nitrogens with one attached hydrogen (secondary N) is 1. The highest BCUT2D eigenvalue weighted by molar-refractivity contribution is 5.96. The zero-order valence-corrected chi connectivity index (χ0v) is 14.5. The zero-order valence-electron chi connectivity index (χ0n) is 14.5. The third-order valence-electron chi connectivity index (χ3n) is 4.06. The van der Waals surface area contributed by atoms with Crippen molar-refractivity contribution in [3.8, 4) is 0 Å². The highest BCUT2D eigenvalue weighted by Gasteiger charge is 2.17. The fourth-order valence-electron chi connectivity index (χ4n) is 2.62. The molecule has 3 rings (SSSR count). The van der Waals surface area contributed by atoms with Crippen LogP contribution in [0.2, 0.25) is 0 Å². The van der Waals surface area contributed by atoms with Gasteiger partial charge in [0.2, 0.25) is 0 Å². The lowest BCUT2D eigenvalue weighted by molar-refractivity contribution is 0.0600. The molecule has 0 saturated carbocycles. The van der Waals surface area contributed by atoms with Crippen LogP contribution in [0.5, 0.6) is 0 Å². The molecule has 0 fully saturated rings. The molecular weight excluding hydrogens is 334 g/mol. The molecule has 0 saturated heterocycles. The number of rotatable bonds is 6. The summed E-state index contributed by atoms with van der Waals surface area (Å²) in [4.78, 5) is 23.7. The molecule has 0 bridgehead atoms. The normalized spacial score (nSPS) is 11.9. The summed E-state index contributed by atoms with van der Waals surface area (Å²) < 4.78 is 15.9. The Morgan fingerprint density at radius 2 is 1.73 bits per heavy atom. The molecule has 0 aliphatic rings. The van der Waals surface area contributed by atoms with Crippen molar-refractivity contribution in [2.75, 3.05) is 20.8 Å². The lowest BCUT2D eigenvalue weighted by Gasteiger charge is -2.14. The molecule has 1 unspecified atom stereocenters. The topological polar surface area (TPSA) is 77.8 Å². The summed E-state index contributed by atoms with van der Waals surface area (Å²) in [5.41, 5.74) is 1.60. The van der Waals surface area contributed by atoms with Gasteiger partial charge in [0.1, 0.15) is 17.4 Å². The van der Waals surface area contributed by atoms with Gasteiger partial charge in [-0.1, -0.05) is 18.2 Å². The maximum absolute atomic E-state index is 12.3. The van der Waals surface area contributed by atoms with Crippen molar-refractivity contribution >= 4 is 22.8 Å². The predicted octanol–water partition coefficient (Wildman–Crippen LogP) is 3.34. The van der Waals surface area contributed by atoms with E-state index in [4.69, 9.17) is 9.15 Å². The smallest absolute Gasteiger partial charge is 0.337 e. The molecule has 0 aliphatic carbocycles. The fraction of sp³-hybridized carbons (Fsp3) is 0.200. The van der Waals surface area contributed by atoms with Crippen LogP contribution in [-0.2, 0) is 9.47 Å². The molecule has 6 heteroatoms. The molecule has 1 amide bonds. The van der Waals surface area contributed by atoms with Crippen LogP contribution in [0, 0.1) is 0 Å². The van der Waals surface area contributed by atoms with Crippen LogP contribution in [0.4, 0.5) is 0 Å². The van der Waals surface area contributed by atoms with Gasteiger partial charge in [0.15, 0.2) is 0 Å². The summed E-state index contributed by atoms with van der Waals surface area (Å²) in [6.45, 7) is 0.258. The Morgan fingerprint density at radius 3 is 2.38 bits per heavy atom. The Kier molecular flexibility index (Phi) is 5.34. The van der Waals surface area contributed by atoms with Gasteiger partial charge in [-0.05, 0) is 36.4 Å². The predicted molar refractivity (Wildman–Crippen MR) is 96.1 cm³/mol. The third-order valence-corrected chi connectivity index (χ3v) is 4.06. The highest BCUT2D eigenvalue weighted by Crippen LogP contribution is 2.25. The molecule has 1 N–H and O–H groups in total. The average molecular weight is 353 g/mol. The van der Waals surface area contributed by atoms with E-state index in [9.17, 15) is 9.59 Å². The molecule has 26 heavy (non-hydrogen) atoms. The van der Waals surface area contributed by atoms with Gasteiger partial charge >= 0.3 is 5.97 Å². The number of benzene rings is 2. The Bertz CT molecular complexity index is 880. The third kappa shape index (κ3) is 3.75. The van der Waals surface area contributed by atoms with Crippen LogP contribution in [-0.4, -0.2) is 32.6 Å². The first-order valence-corrected chi connectivity index (χ1v) is 8.10. The van der Waals surface area contributed by atoms with E-state index in [1.807, 2.05) is 30.3 Å². The molecule has 134 valence electrons. The van der Waals surface area contributed by atoms with E-state index >= 15 is 0 Å². The van der Waals surface area contributed by atoms with E-state index in [-0.39, 0.29) is 12.5 Å².